The molecule has 2 aromatic heterocycles. The molecule has 0 fully saturated rings. The van der Waals surface area contributed by atoms with Crippen LogP contribution >= 0.6 is 0 Å². The van der Waals surface area contributed by atoms with Crippen LogP contribution in [0.2, 0.25) is 0 Å². The van der Waals surface area contributed by atoms with Gasteiger partial charge in [-0.3, -0.25) is 0 Å². The van der Waals surface area contributed by atoms with E-state index in [0.29, 0.717) is 28.6 Å². The number of rotatable bonds is 5. The number of hydrogen-bond acceptors (Lipinski definition) is 6. The molecule has 23 heavy (non-hydrogen) atoms. The molecular formula is C15H15N3O4S. The molecule has 3 rings (SSSR count). The second-order valence-corrected chi connectivity index (χ2v) is 6.76. The van der Waals surface area contributed by atoms with Gasteiger partial charge in [0, 0.05) is 12.5 Å². The van der Waals surface area contributed by atoms with Crippen LogP contribution in [-0.4, -0.2) is 18.6 Å². The van der Waals surface area contributed by atoms with Crippen molar-refractivity contribution in [1.29, 1.82) is 0 Å². The van der Waals surface area contributed by atoms with Crippen LogP contribution in [0.4, 0.5) is 0 Å². The zero-order valence-corrected chi connectivity index (χ0v) is 13.4. The zero-order chi connectivity index (χ0) is 16.4. The molecule has 7 nitrogen and oxygen atoms in total. The number of aryl methyl sites for hydroxylation is 2. The molecule has 2 heterocycles. The van der Waals surface area contributed by atoms with E-state index >= 15 is 0 Å². The quantitative estimate of drug-likeness (QED) is 0.770. The maximum atomic E-state index is 12.5. The average molecular weight is 333 g/mol. The number of benzene rings is 1. The number of nitrogens with one attached hydrogen (secondary N) is 1. The lowest BCUT2D eigenvalue weighted by atomic mass is 10.1. The lowest BCUT2D eigenvalue weighted by Gasteiger charge is -2.09. The molecule has 0 aliphatic heterocycles. The third kappa shape index (κ3) is 3.33. The SMILES string of the molecule is Cc1nc(-c2ccc(C)c(S(=O)(=O)NCc3ccco3)c2)no1. The molecule has 8 heteroatoms. The highest BCUT2D eigenvalue weighted by atomic mass is 32.2. The molecule has 0 spiro atoms. The van der Waals surface area contributed by atoms with E-state index < -0.39 is 10.0 Å². The van der Waals surface area contributed by atoms with E-state index in [-0.39, 0.29) is 11.4 Å². The van der Waals surface area contributed by atoms with E-state index in [2.05, 4.69) is 14.9 Å². The molecule has 3 aromatic rings. The van der Waals surface area contributed by atoms with Crippen LogP contribution in [-0.2, 0) is 16.6 Å². The minimum Gasteiger partial charge on any atom is -0.468 e. The first-order valence-corrected chi connectivity index (χ1v) is 8.37. The van der Waals surface area contributed by atoms with Crippen molar-refractivity contribution in [1.82, 2.24) is 14.9 Å². The van der Waals surface area contributed by atoms with Gasteiger partial charge in [0.25, 0.3) is 0 Å². The van der Waals surface area contributed by atoms with E-state index in [4.69, 9.17) is 8.94 Å². The van der Waals surface area contributed by atoms with Gasteiger partial charge in [-0.2, -0.15) is 4.98 Å². The Hall–Kier alpha value is -2.45. The highest BCUT2D eigenvalue weighted by Gasteiger charge is 2.19. The van der Waals surface area contributed by atoms with Crippen molar-refractivity contribution >= 4 is 10.0 Å². The molecule has 0 bridgehead atoms. The molecule has 120 valence electrons. The largest absolute Gasteiger partial charge is 0.468 e. The number of furan rings is 1. The van der Waals surface area contributed by atoms with E-state index in [1.807, 2.05) is 0 Å². The Morgan fingerprint density at radius 3 is 2.70 bits per heavy atom. The summed E-state index contributed by atoms with van der Waals surface area (Å²) in [5.41, 5.74) is 1.20. The number of aromatic nitrogens is 2. The fourth-order valence-electron chi connectivity index (χ4n) is 2.10. The van der Waals surface area contributed by atoms with Gasteiger partial charge in [-0.1, -0.05) is 17.3 Å². The Morgan fingerprint density at radius 2 is 2.04 bits per heavy atom. The van der Waals surface area contributed by atoms with Crippen LogP contribution in [0.15, 0.2) is 50.4 Å². The first kappa shape index (κ1) is 15.4. The summed E-state index contributed by atoms with van der Waals surface area (Å²) in [6, 6.07) is 8.40. The van der Waals surface area contributed by atoms with Crippen LogP contribution in [0.5, 0.6) is 0 Å². The zero-order valence-electron chi connectivity index (χ0n) is 12.6. The van der Waals surface area contributed by atoms with Gasteiger partial charge >= 0.3 is 0 Å². The fraction of sp³-hybridized carbons (Fsp3) is 0.200. The van der Waals surface area contributed by atoms with Crippen molar-refractivity contribution < 1.29 is 17.4 Å². The maximum Gasteiger partial charge on any atom is 0.241 e. The topological polar surface area (TPSA) is 98.2 Å². The van der Waals surface area contributed by atoms with Crippen molar-refractivity contribution in [3.05, 3.63) is 53.8 Å². The van der Waals surface area contributed by atoms with Crippen molar-refractivity contribution in [2.45, 2.75) is 25.3 Å². The molecular weight excluding hydrogens is 318 g/mol. The van der Waals surface area contributed by atoms with Gasteiger partial charge in [-0.25, -0.2) is 13.1 Å². The molecule has 0 aliphatic rings. The minimum atomic E-state index is -3.69. The van der Waals surface area contributed by atoms with Crippen LogP contribution in [0.3, 0.4) is 0 Å². The second-order valence-electron chi connectivity index (χ2n) is 5.02. The highest BCUT2D eigenvalue weighted by Crippen LogP contribution is 2.23. The molecule has 0 atom stereocenters. The average Bonchev–Trinajstić information content (AvgIpc) is 3.17. The number of sulfonamides is 1. The lowest BCUT2D eigenvalue weighted by molar-refractivity contribution is 0.394. The first-order valence-electron chi connectivity index (χ1n) is 6.89. The monoisotopic (exact) mass is 333 g/mol. The molecule has 0 saturated carbocycles. The Balaban J connectivity index is 1.91. The van der Waals surface area contributed by atoms with Crippen molar-refractivity contribution in [2.75, 3.05) is 0 Å². The van der Waals surface area contributed by atoms with Crippen LogP contribution in [0.25, 0.3) is 11.4 Å². The maximum absolute atomic E-state index is 12.5. The molecule has 1 N–H and O–H groups in total. The summed E-state index contributed by atoms with van der Waals surface area (Å²) in [5, 5.41) is 3.81. The second kappa shape index (κ2) is 5.98. The summed E-state index contributed by atoms with van der Waals surface area (Å²) in [6.45, 7) is 3.49. The summed E-state index contributed by atoms with van der Waals surface area (Å²) < 4.78 is 37.6. The first-order chi connectivity index (χ1) is 11.0. The van der Waals surface area contributed by atoms with Gasteiger partial charge in [-0.05, 0) is 30.7 Å². The predicted molar refractivity (Wildman–Crippen MR) is 81.9 cm³/mol. The predicted octanol–water partition coefficient (Wildman–Crippen LogP) is 2.42. The van der Waals surface area contributed by atoms with Crippen molar-refractivity contribution in [2.24, 2.45) is 0 Å². The van der Waals surface area contributed by atoms with E-state index in [1.165, 1.54) is 12.3 Å². The third-order valence-corrected chi connectivity index (χ3v) is 4.82. The minimum absolute atomic E-state index is 0.0837. The van der Waals surface area contributed by atoms with Crippen LogP contribution < -0.4 is 4.72 Å². The summed E-state index contributed by atoms with van der Waals surface area (Å²) in [4.78, 5) is 4.28. The van der Waals surface area contributed by atoms with Gasteiger partial charge in [0.05, 0.1) is 17.7 Å². The lowest BCUT2D eigenvalue weighted by Crippen LogP contribution is -2.23. The Kier molecular flexibility index (Phi) is 4.01. The Bertz CT molecular complexity index is 914. The van der Waals surface area contributed by atoms with Crippen LogP contribution in [0.1, 0.15) is 17.2 Å². The molecule has 0 unspecified atom stereocenters. The molecule has 0 saturated heterocycles. The van der Waals surface area contributed by atoms with E-state index in [9.17, 15) is 8.42 Å². The van der Waals surface area contributed by atoms with Gasteiger partial charge < -0.3 is 8.94 Å². The van der Waals surface area contributed by atoms with Gasteiger partial charge in [0.15, 0.2) is 0 Å². The fourth-order valence-corrected chi connectivity index (χ4v) is 3.36. The van der Waals surface area contributed by atoms with Gasteiger partial charge in [0.2, 0.25) is 21.7 Å². The smallest absolute Gasteiger partial charge is 0.241 e. The van der Waals surface area contributed by atoms with E-state index in [1.54, 1.807) is 38.1 Å². The molecule has 0 amide bonds. The molecule has 0 radical (unpaired) electrons. The summed E-state index contributed by atoms with van der Waals surface area (Å²) in [7, 11) is -3.69. The standard InChI is InChI=1S/C15H15N3O4S/c1-10-5-6-12(15-17-11(2)22-18-15)8-14(10)23(19,20)16-9-13-4-3-7-21-13/h3-8,16H,9H2,1-2H3. The normalized spacial score (nSPS) is 11.7. The summed E-state index contributed by atoms with van der Waals surface area (Å²) in [5.74, 6) is 1.31. The Morgan fingerprint density at radius 1 is 1.22 bits per heavy atom. The van der Waals surface area contributed by atoms with Crippen molar-refractivity contribution in [3.63, 3.8) is 0 Å². The van der Waals surface area contributed by atoms with Gasteiger partial charge in [0.1, 0.15) is 5.76 Å². The third-order valence-electron chi connectivity index (χ3n) is 3.28. The number of hydrogen-bond donors (Lipinski definition) is 1. The highest BCUT2D eigenvalue weighted by molar-refractivity contribution is 7.89. The Labute approximate surface area is 133 Å². The molecule has 1 aromatic carbocycles. The molecule has 0 aliphatic carbocycles. The summed E-state index contributed by atoms with van der Waals surface area (Å²) in [6.07, 6.45) is 1.49. The summed E-state index contributed by atoms with van der Waals surface area (Å²) >= 11 is 0. The van der Waals surface area contributed by atoms with Crippen molar-refractivity contribution in [3.8, 4) is 11.4 Å². The van der Waals surface area contributed by atoms with E-state index in [0.717, 1.165) is 0 Å². The van der Waals surface area contributed by atoms with Crippen LogP contribution in [0, 0.1) is 13.8 Å². The number of nitrogens with zero attached hydrogens (tertiary/aromatic N) is 2. The van der Waals surface area contributed by atoms with Gasteiger partial charge in [-0.15, -0.1) is 0 Å².